The van der Waals surface area contributed by atoms with E-state index < -0.39 is 0 Å². The molecule has 0 spiro atoms. The van der Waals surface area contributed by atoms with Crippen molar-refractivity contribution in [1.29, 1.82) is 0 Å². The van der Waals surface area contributed by atoms with E-state index in [9.17, 15) is 0 Å². The summed E-state index contributed by atoms with van der Waals surface area (Å²) >= 11 is 0. The molecule has 0 amide bonds. The van der Waals surface area contributed by atoms with Gasteiger partial charge < -0.3 is 4.57 Å². The molecule has 0 aliphatic heterocycles. The highest BCUT2D eigenvalue weighted by molar-refractivity contribution is 5.18. The lowest BCUT2D eigenvalue weighted by molar-refractivity contribution is 0.535. The summed E-state index contributed by atoms with van der Waals surface area (Å²) in [4.78, 5) is 4.37. The molecule has 0 aliphatic rings. The maximum Gasteiger partial charge on any atom is 0.119 e. The van der Waals surface area contributed by atoms with Gasteiger partial charge in [-0.1, -0.05) is 6.07 Å². The predicted octanol–water partition coefficient (Wildman–Crippen LogP) is 1.79. The van der Waals surface area contributed by atoms with Gasteiger partial charge in [0.05, 0.1) is 0 Å². The van der Waals surface area contributed by atoms with Gasteiger partial charge in [0.2, 0.25) is 0 Å². The quantitative estimate of drug-likeness (QED) is 0.762. The molecule has 0 aromatic carbocycles. The van der Waals surface area contributed by atoms with Crippen LogP contribution in [0.2, 0.25) is 0 Å². The predicted molar refractivity (Wildman–Crippen MR) is 57.4 cm³/mol. The van der Waals surface area contributed by atoms with Crippen molar-refractivity contribution in [1.82, 2.24) is 19.7 Å². The third-order valence-corrected chi connectivity index (χ3v) is 2.55. The fourth-order valence-electron chi connectivity index (χ4n) is 1.55. The third kappa shape index (κ3) is 2.21. The van der Waals surface area contributed by atoms with Crippen LogP contribution in [-0.2, 0) is 6.42 Å². The van der Waals surface area contributed by atoms with Crippen LogP contribution in [-0.4, -0.2) is 19.7 Å². The Hall–Kier alpha value is -1.71. The lowest BCUT2D eigenvalue weighted by Gasteiger charge is -2.12. The molecule has 0 saturated carbocycles. The van der Waals surface area contributed by atoms with E-state index in [0.29, 0.717) is 6.04 Å². The smallest absolute Gasteiger partial charge is 0.119 e. The van der Waals surface area contributed by atoms with Crippen LogP contribution in [0.15, 0.2) is 31.0 Å². The molecule has 0 bridgehead atoms. The monoisotopic (exact) mass is 202 g/mol. The average molecular weight is 202 g/mol. The fourth-order valence-corrected chi connectivity index (χ4v) is 1.55. The van der Waals surface area contributed by atoms with E-state index in [0.717, 1.165) is 12.1 Å². The first kappa shape index (κ1) is 9.83. The van der Waals surface area contributed by atoms with E-state index in [4.69, 9.17) is 0 Å². The van der Waals surface area contributed by atoms with Gasteiger partial charge in [0, 0.05) is 24.4 Å². The first-order valence-corrected chi connectivity index (χ1v) is 5.02. The summed E-state index contributed by atoms with van der Waals surface area (Å²) in [6.07, 6.45) is 6.22. The van der Waals surface area contributed by atoms with E-state index in [-0.39, 0.29) is 0 Å². The van der Waals surface area contributed by atoms with Crippen LogP contribution in [0.1, 0.15) is 24.2 Å². The van der Waals surface area contributed by atoms with Gasteiger partial charge in [-0.25, -0.2) is 0 Å². The minimum Gasteiger partial charge on any atom is -0.317 e. The lowest BCUT2D eigenvalue weighted by Crippen LogP contribution is -2.08. The second-order valence-electron chi connectivity index (χ2n) is 3.73. The minimum atomic E-state index is 0.341. The van der Waals surface area contributed by atoms with Crippen molar-refractivity contribution >= 4 is 0 Å². The Morgan fingerprint density at radius 1 is 1.33 bits per heavy atom. The minimum absolute atomic E-state index is 0.341. The second-order valence-corrected chi connectivity index (χ2v) is 3.73. The highest BCUT2D eigenvalue weighted by atomic mass is 15.2. The fraction of sp³-hybridized carbons (Fsp3) is 0.364. The number of pyridine rings is 1. The zero-order valence-electron chi connectivity index (χ0n) is 8.96. The molecule has 1 atom stereocenters. The van der Waals surface area contributed by atoms with Gasteiger partial charge in [-0.05, 0) is 25.5 Å². The number of hydrogen-bond donors (Lipinski definition) is 0. The van der Waals surface area contributed by atoms with Crippen molar-refractivity contribution in [3.8, 4) is 0 Å². The van der Waals surface area contributed by atoms with Crippen molar-refractivity contribution < 1.29 is 0 Å². The van der Waals surface area contributed by atoms with Crippen LogP contribution >= 0.6 is 0 Å². The number of rotatable bonds is 3. The molecule has 0 N–H and O–H groups in total. The van der Waals surface area contributed by atoms with Crippen molar-refractivity contribution in [2.75, 3.05) is 0 Å². The molecule has 78 valence electrons. The van der Waals surface area contributed by atoms with Crippen LogP contribution in [0.3, 0.4) is 0 Å². The molecule has 0 radical (unpaired) electrons. The van der Waals surface area contributed by atoms with Gasteiger partial charge in [-0.2, -0.15) is 0 Å². The van der Waals surface area contributed by atoms with Crippen LogP contribution in [0.5, 0.6) is 0 Å². The molecule has 0 saturated heterocycles. The van der Waals surface area contributed by atoms with E-state index in [1.165, 1.54) is 5.56 Å². The molecule has 4 heteroatoms. The number of aromatic nitrogens is 4. The molecule has 0 unspecified atom stereocenters. The molecule has 2 aromatic heterocycles. The van der Waals surface area contributed by atoms with Gasteiger partial charge in [-0.3, -0.25) is 4.98 Å². The molecule has 4 nitrogen and oxygen atoms in total. The van der Waals surface area contributed by atoms with E-state index >= 15 is 0 Å². The molecule has 2 aromatic rings. The standard InChI is InChI=1S/C11H14N4/c1-9-4-3-5-12-11(9)6-10(2)15-7-13-14-8-15/h3-5,7-8,10H,6H2,1-2H3/t10-/m1/s1. The van der Waals surface area contributed by atoms with Gasteiger partial charge in [0.1, 0.15) is 12.7 Å². The van der Waals surface area contributed by atoms with Crippen molar-refractivity contribution in [3.05, 3.63) is 42.2 Å². The summed E-state index contributed by atoms with van der Waals surface area (Å²) in [5.74, 6) is 0. The van der Waals surface area contributed by atoms with Crippen LogP contribution in [0.4, 0.5) is 0 Å². The molecule has 2 heterocycles. The summed E-state index contributed by atoms with van der Waals surface area (Å²) < 4.78 is 1.99. The Bertz CT molecular complexity index is 422. The first-order chi connectivity index (χ1) is 7.27. The Morgan fingerprint density at radius 2 is 2.07 bits per heavy atom. The zero-order valence-corrected chi connectivity index (χ0v) is 8.96. The topological polar surface area (TPSA) is 43.6 Å². The van der Waals surface area contributed by atoms with Crippen molar-refractivity contribution in [2.45, 2.75) is 26.3 Å². The summed E-state index contributed by atoms with van der Waals surface area (Å²) in [5, 5.41) is 7.60. The van der Waals surface area contributed by atoms with Crippen LogP contribution in [0, 0.1) is 6.92 Å². The maximum atomic E-state index is 4.37. The molecular weight excluding hydrogens is 188 g/mol. The van der Waals surface area contributed by atoms with Gasteiger partial charge >= 0.3 is 0 Å². The van der Waals surface area contributed by atoms with Crippen LogP contribution in [0.25, 0.3) is 0 Å². The van der Waals surface area contributed by atoms with Gasteiger partial charge in [-0.15, -0.1) is 10.2 Å². The summed E-state index contributed by atoms with van der Waals surface area (Å²) in [6, 6.07) is 4.39. The van der Waals surface area contributed by atoms with Gasteiger partial charge in [0.15, 0.2) is 0 Å². The Kier molecular flexibility index (Phi) is 2.76. The number of nitrogens with zero attached hydrogens (tertiary/aromatic N) is 4. The highest BCUT2D eigenvalue weighted by Gasteiger charge is 2.07. The van der Waals surface area contributed by atoms with Crippen LogP contribution < -0.4 is 0 Å². The highest BCUT2D eigenvalue weighted by Crippen LogP contribution is 2.13. The Balaban J connectivity index is 2.13. The molecule has 2 rings (SSSR count). The molecular formula is C11H14N4. The third-order valence-electron chi connectivity index (χ3n) is 2.55. The number of aryl methyl sites for hydroxylation is 1. The summed E-state index contributed by atoms with van der Waals surface area (Å²) in [7, 11) is 0. The van der Waals surface area contributed by atoms with Gasteiger partial charge in [0.25, 0.3) is 0 Å². The second kappa shape index (κ2) is 4.21. The van der Waals surface area contributed by atoms with E-state index in [1.807, 2.05) is 16.8 Å². The Morgan fingerprint density at radius 3 is 2.73 bits per heavy atom. The zero-order chi connectivity index (χ0) is 10.7. The van der Waals surface area contributed by atoms with E-state index in [1.54, 1.807) is 12.7 Å². The molecule has 0 aliphatic carbocycles. The Labute approximate surface area is 89.0 Å². The maximum absolute atomic E-state index is 4.37. The van der Waals surface area contributed by atoms with Crippen molar-refractivity contribution in [3.63, 3.8) is 0 Å². The number of hydrogen-bond acceptors (Lipinski definition) is 3. The lowest BCUT2D eigenvalue weighted by atomic mass is 10.1. The van der Waals surface area contributed by atoms with E-state index in [2.05, 4.69) is 35.1 Å². The van der Waals surface area contributed by atoms with Crippen molar-refractivity contribution in [2.24, 2.45) is 0 Å². The molecule has 0 fully saturated rings. The summed E-state index contributed by atoms with van der Waals surface area (Å²) in [5.41, 5.74) is 2.37. The summed E-state index contributed by atoms with van der Waals surface area (Å²) in [6.45, 7) is 4.22. The average Bonchev–Trinajstić information content (AvgIpc) is 2.74. The SMILES string of the molecule is Cc1cccnc1C[C@@H](C)n1cnnc1. The normalized spacial score (nSPS) is 12.7. The largest absolute Gasteiger partial charge is 0.317 e. The first-order valence-electron chi connectivity index (χ1n) is 5.02. The molecule has 15 heavy (non-hydrogen) atoms.